The van der Waals surface area contributed by atoms with Crippen LogP contribution in [-0.4, -0.2) is 87.6 Å². The second-order valence-electron chi connectivity index (χ2n) is 9.00. The Hall–Kier alpha value is -1.71. The number of amides is 2. The van der Waals surface area contributed by atoms with Crippen molar-refractivity contribution in [1.82, 2.24) is 9.80 Å². The molecule has 1 N–H and O–H groups in total. The van der Waals surface area contributed by atoms with Crippen LogP contribution in [0.25, 0.3) is 0 Å². The van der Waals surface area contributed by atoms with Crippen LogP contribution in [0.1, 0.15) is 39.5 Å². The van der Waals surface area contributed by atoms with E-state index in [-0.39, 0.29) is 29.9 Å². The van der Waals surface area contributed by atoms with E-state index < -0.39 is 41.6 Å². The number of hydrogen-bond donors (Lipinski definition) is 1. The topological polar surface area (TPSA) is 96.4 Å². The number of aliphatic hydroxyl groups is 1. The third-order valence-electron chi connectivity index (χ3n) is 7.09. The van der Waals surface area contributed by atoms with Gasteiger partial charge in [0, 0.05) is 17.9 Å². The van der Waals surface area contributed by atoms with Crippen LogP contribution in [-0.2, 0) is 23.9 Å². The van der Waals surface area contributed by atoms with Crippen molar-refractivity contribution in [3.63, 3.8) is 0 Å². The maximum absolute atomic E-state index is 14.0. The number of halogens is 1. The first-order valence-corrected chi connectivity index (χ1v) is 12.7. The normalized spacial score (nSPS) is 33.0. The number of alkyl halides is 1. The molecule has 0 aromatic carbocycles. The van der Waals surface area contributed by atoms with E-state index >= 15 is 0 Å². The largest absolute Gasteiger partial charge is 0.461 e. The van der Waals surface area contributed by atoms with Crippen LogP contribution < -0.4 is 0 Å². The smallest absolute Gasteiger partial charge is 0.312 e. The number of aliphatic hydroxyl groups excluding tert-OH is 1. The second kappa shape index (κ2) is 10.7. The quantitative estimate of drug-likeness (QED) is 0.237. The zero-order valence-electron chi connectivity index (χ0n) is 19.5. The Kier molecular flexibility index (Phi) is 8.40. The van der Waals surface area contributed by atoms with E-state index in [0.29, 0.717) is 25.9 Å². The van der Waals surface area contributed by atoms with Gasteiger partial charge in [-0.15, -0.1) is 6.58 Å². The first-order valence-electron chi connectivity index (χ1n) is 11.7. The van der Waals surface area contributed by atoms with Gasteiger partial charge in [-0.25, -0.2) is 0 Å². The molecule has 7 atom stereocenters. The molecule has 33 heavy (non-hydrogen) atoms. The van der Waals surface area contributed by atoms with Crippen molar-refractivity contribution in [3.05, 3.63) is 25.3 Å². The molecule has 9 heteroatoms. The second-order valence-corrected chi connectivity index (χ2v) is 10.2. The average molecular weight is 527 g/mol. The van der Waals surface area contributed by atoms with E-state index in [2.05, 4.69) is 29.1 Å². The first kappa shape index (κ1) is 25.9. The Bertz CT molecular complexity index is 787. The van der Waals surface area contributed by atoms with Crippen LogP contribution in [0.2, 0.25) is 0 Å². The molecular weight excluding hydrogens is 492 g/mol. The van der Waals surface area contributed by atoms with Gasteiger partial charge >= 0.3 is 5.97 Å². The van der Waals surface area contributed by atoms with Crippen molar-refractivity contribution in [2.45, 2.75) is 68.1 Å². The van der Waals surface area contributed by atoms with Gasteiger partial charge in [0.25, 0.3) is 0 Å². The molecule has 0 aromatic heterocycles. The molecule has 0 radical (unpaired) electrons. The highest BCUT2D eigenvalue weighted by atomic mass is 79.9. The van der Waals surface area contributed by atoms with Gasteiger partial charge in [-0.1, -0.05) is 54.9 Å². The Morgan fingerprint density at radius 1 is 1.39 bits per heavy atom. The monoisotopic (exact) mass is 526 g/mol. The minimum absolute atomic E-state index is 0.0351. The lowest BCUT2D eigenvalue weighted by molar-refractivity contribution is -0.155. The molecule has 3 aliphatic rings. The summed E-state index contributed by atoms with van der Waals surface area (Å²) in [7, 11) is 0. The molecule has 2 bridgehead atoms. The average Bonchev–Trinajstić information content (AvgIpc) is 3.39. The van der Waals surface area contributed by atoms with Crippen LogP contribution in [0.3, 0.4) is 0 Å². The van der Waals surface area contributed by atoms with Crippen molar-refractivity contribution in [2.75, 3.05) is 26.3 Å². The highest BCUT2D eigenvalue weighted by molar-refractivity contribution is 9.09. The number of rotatable bonds is 12. The molecular formula is C24H35BrN2O6. The van der Waals surface area contributed by atoms with Crippen LogP contribution in [0.15, 0.2) is 25.3 Å². The van der Waals surface area contributed by atoms with E-state index in [1.54, 1.807) is 11.0 Å². The molecule has 3 saturated heterocycles. The first-order chi connectivity index (χ1) is 15.8. The Balaban J connectivity index is 2.07. The number of unbranched alkanes of at least 4 members (excludes halogenated alkanes) is 1. The molecule has 0 aliphatic carbocycles. The number of carbonyl (C=O) groups is 3. The fraction of sp³-hybridized carbons (Fsp3) is 0.708. The number of nitrogens with zero attached hydrogens (tertiary/aromatic N) is 2. The maximum atomic E-state index is 14.0. The summed E-state index contributed by atoms with van der Waals surface area (Å²) in [6.45, 7) is 11.9. The predicted octanol–water partition coefficient (Wildman–Crippen LogP) is 2.05. The summed E-state index contributed by atoms with van der Waals surface area (Å²) in [5.41, 5.74) is -1.15. The predicted molar refractivity (Wildman–Crippen MR) is 127 cm³/mol. The summed E-state index contributed by atoms with van der Waals surface area (Å²) in [6.07, 6.45) is 5.20. The van der Waals surface area contributed by atoms with Crippen LogP contribution in [0.5, 0.6) is 0 Å². The van der Waals surface area contributed by atoms with E-state index in [1.165, 1.54) is 11.0 Å². The van der Waals surface area contributed by atoms with E-state index in [4.69, 9.17) is 9.47 Å². The summed E-state index contributed by atoms with van der Waals surface area (Å²) >= 11 is 3.63. The van der Waals surface area contributed by atoms with Gasteiger partial charge in [0.1, 0.15) is 18.2 Å². The molecule has 3 aliphatic heterocycles. The summed E-state index contributed by atoms with van der Waals surface area (Å²) in [5.74, 6) is -2.74. The molecule has 3 fully saturated rings. The van der Waals surface area contributed by atoms with E-state index in [9.17, 15) is 19.5 Å². The lowest BCUT2D eigenvalue weighted by Crippen LogP contribution is -2.59. The van der Waals surface area contributed by atoms with E-state index in [1.807, 2.05) is 13.8 Å². The molecule has 3 unspecified atom stereocenters. The van der Waals surface area contributed by atoms with Crippen molar-refractivity contribution in [2.24, 2.45) is 11.8 Å². The van der Waals surface area contributed by atoms with Gasteiger partial charge < -0.3 is 24.4 Å². The van der Waals surface area contributed by atoms with Crippen LogP contribution >= 0.6 is 15.9 Å². The number of esters is 1. The highest BCUT2D eigenvalue weighted by Crippen LogP contribution is 2.60. The van der Waals surface area contributed by atoms with Crippen molar-refractivity contribution < 1.29 is 29.0 Å². The minimum Gasteiger partial charge on any atom is -0.461 e. The fourth-order valence-electron chi connectivity index (χ4n) is 5.63. The summed E-state index contributed by atoms with van der Waals surface area (Å²) in [5, 5.41) is 10.1. The highest BCUT2D eigenvalue weighted by Gasteiger charge is 2.77. The minimum atomic E-state index is -1.15. The third kappa shape index (κ3) is 4.28. The van der Waals surface area contributed by atoms with Crippen molar-refractivity contribution >= 4 is 33.7 Å². The van der Waals surface area contributed by atoms with Gasteiger partial charge in [-0.3, -0.25) is 14.4 Å². The van der Waals surface area contributed by atoms with Gasteiger partial charge in [0.05, 0.1) is 30.6 Å². The van der Waals surface area contributed by atoms with Gasteiger partial charge in [0.15, 0.2) is 0 Å². The zero-order valence-corrected chi connectivity index (χ0v) is 21.0. The molecule has 3 heterocycles. The number of carbonyl (C=O) groups excluding carboxylic acids is 3. The summed E-state index contributed by atoms with van der Waals surface area (Å²) in [4.78, 5) is 43.8. The summed E-state index contributed by atoms with van der Waals surface area (Å²) < 4.78 is 11.8. The number of likely N-dealkylation sites (tertiary alicyclic amines) is 1. The number of fused-ring (bicyclic) bond motifs is 1. The standard InChI is InChI=1S/C24H35BrN2O6/c1-5-9-11-26(10-6-2)22(30)20-24-13-16(25)19(33-24)17(23(31)32-12-7-3)18(24)21(29)27(20)15(8-4)14-28/h6-7,15-20,28H,2-3,5,8-14H2,1,4H3/t15-,16?,17+,18-,19+,20?,24?/m0/s1. The number of ether oxygens (including phenoxy) is 2. The maximum Gasteiger partial charge on any atom is 0.312 e. The fourth-order valence-corrected chi connectivity index (χ4v) is 6.57. The van der Waals surface area contributed by atoms with Gasteiger partial charge in [-0.05, 0) is 19.3 Å². The SMILES string of the molecule is C=CCOC(=O)[C@H]1[C@@H]2OC3(CC2Br)C(C(=O)N(CC=C)CCCC)N([C@@H](CC)CO)C(=O)[C@H]13. The lowest BCUT2D eigenvalue weighted by atomic mass is 9.70. The third-order valence-corrected chi connectivity index (χ3v) is 7.94. The van der Waals surface area contributed by atoms with Gasteiger partial charge in [-0.2, -0.15) is 0 Å². The Labute approximate surface area is 204 Å². The summed E-state index contributed by atoms with van der Waals surface area (Å²) in [6, 6.07) is -1.48. The van der Waals surface area contributed by atoms with Crippen LogP contribution in [0, 0.1) is 11.8 Å². The molecule has 1 spiro atoms. The lowest BCUT2D eigenvalue weighted by Gasteiger charge is -2.39. The molecule has 3 rings (SSSR count). The molecule has 8 nitrogen and oxygen atoms in total. The molecule has 0 saturated carbocycles. The zero-order chi connectivity index (χ0) is 24.3. The Morgan fingerprint density at radius 3 is 2.70 bits per heavy atom. The molecule has 2 amide bonds. The van der Waals surface area contributed by atoms with E-state index in [0.717, 1.165) is 12.8 Å². The van der Waals surface area contributed by atoms with Crippen LogP contribution in [0.4, 0.5) is 0 Å². The molecule has 184 valence electrons. The number of hydrogen-bond acceptors (Lipinski definition) is 6. The molecule has 0 aromatic rings. The van der Waals surface area contributed by atoms with Gasteiger partial charge in [0.2, 0.25) is 11.8 Å². The Morgan fingerprint density at radius 2 is 2.12 bits per heavy atom. The van der Waals surface area contributed by atoms with Crippen molar-refractivity contribution in [3.8, 4) is 0 Å². The van der Waals surface area contributed by atoms with Crippen molar-refractivity contribution in [1.29, 1.82) is 0 Å².